The first-order chi connectivity index (χ1) is 19.3. The van der Waals surface area contributed by atoms with Gasteiger partial charge in [0, 0.05) is 43.6 Å². The van der Waals surface area contributed by atoms with Gasteiger partial charge in [0.25, 0.3) is 0 Å². The topological polar surface area (TPSA) is 31.2 Å². The molecule has 0 fully saturated rings. The van der Waals surface area contributed by atoms with E-state index in [0.29, 0.717) is 0 Å². The maximum absolute atomic E-state index is 6.66. The average Bonchev–Trinajstić information content (AvgIpc) is 3.67. The number of rotatable bonds is 2. The number of fused-ring (bicyclic) bond motifs is 10. The van der Waals surface area contributed by atoms with Crippen molar-refractivity contribution in [3.63, 3.8) is 0 Å². The number of nitrogens with zero attached hydrogens (tertiary/aromatic N) is 1. The van der Waals surface area contributed by atoms with Crippen LogP contribution >= 0.6 is 0 Å². The standard InChI is InChI=1S/C36H21NO2/c1-2-9-23(10-3-1)37-31-15-6-4-11-25(31)30-21-22(17-20-32(30)37)24-13-8-14-27-29-19-18-28-26-12-5-7-16-33(26)38-35(28)36(29)39-34(24)27/h1-21H. The number of hydrogen-bond acceptors (Lipinski definition) is 2. The van der Waals surface area contributed by atoms with Crippen molar-refractivity contribution in [3.05, 3.63) is 127 Å². The third-order valence-electron chi connectivity index (χ3n) is 8.01. The third-order valence-corrected chi connectivity index (χ3v) is 8.01. The van der Waals surface area contributed by atoms with Gasteiger partial charge >= 0.3 is 0 Å². The maximum Gasteiger partial charge on any atom is 0.178 e. The Hall–Kier alpha value is -5.28. The Bertz CT molecular complexity index is 2390. The maximum atomic E-state index is 6.66. The lowest BCUT2D eigenvalue weighted by atomic mass is 10.00. The Morgan fingerprint density at radius 3 is 1.97 bits per heavy atom. The lowest BCUT2D eigenvalue weighted by Crippen LogP contribution is -1.92. The number of aromatic nitrogens is 1. The predicted octanol–water partition coefficient (Wildman–Crippen LogP) is 10.2. The van der Waals surface area contributed by atoms with Crippen molar-refractivity contribution in [2.24, 2.45) is 0 Å². The fraction of sp³-hybridized carbons (Fsp3) is 0. The van der Waals surface area contributed by atoms with Gasteiger partial charge in [0.05, 0.1) is 11.0 Å². The second-order valence-electron chi connectivity index (χ2n) is 10.1. The molecule has 3 heterocycles. The molecule has 0 saturated heterocycles. The van der Waals surface area contributed by atoms with E-state index >= 15 is 0 Å². The second-order valence-corrected chi connectivity index (χ2v) is 10.1. The van der Waals surface area contributed by atoms with E-state index in [1.54, 1.807) is 0 Å². The summed E-state index contributed by atoms with van der Waals surface area (Å²) in [5.41, 5.74) is 9.11. The first-order valence-electron chi connectivity index (χ1n) is 13.2. The Kier molecular flexibility index (Phi) is 4.05. The molecule has 0 atom stereocenters. The smallest absolute Gasteiger partial charge is 0.178 e. The molecule has 9 aromatic rings. The highest BCUT2D eigenvalue weighted by Crippen LogP contribution is 2.42. The Morgan fingerprint density at radius 1 is 0.410 bits per heavy atom. The van der Waals surface area contributed by atoms with Gasteiger partial charge in [-0.1, -0.05) is 78.9 Å². The average molecular weight is 500 g/mol. The van der Waals surface area contributed by atoms with Gasteiger partial charge in [0.2, 0.25) is 0 Å². The first-order valence-corrected chi connectivity index (χ1v) is 13.2. The lowest BCUT2D eigenvalue weighted by Gasteiger charge is -2.08. The summed E-state index contributed by atoms with van der Waals surface area (Å²) in [5.74, 6) is 0. The molecule has 9 rings (SSSR count). The summed E-state index contributed by atoms with van der Waals surface area (Å²) >= 11 is 0. The molecule has 0 saturated carbocycles. The minimum Gasteiger partial charge on any atom is -0.452 e. The summed E-state index contributed by atoms with van der Waals surface area (Å²) in [4.78, 5) is 0. The van der Waals surface area contributed by atoms with Crippen LogP contribution in [0.5, 0.6) is 0 Å². The van der Waals surface area contributed by atoms with Crippen LogP contribution in [0.25, 0.3) is 82.5 Å². The molecule has 0 aliphatic carbocycles. The minimum atomic E-state index is 0.799. The van der Waals surface area contributed by atoms with Crippen LogP contribution in [-0.4, -0.2) is 4.57 Å². The highest BCUT2D eigenvalue weighted by atomic mass is 16.4. The number of hydrogen-bond donors (Lipinski definition) is 0. The number of furan rings is 2. The van der Waals surface area contributed by atoms with Gasteiger partial charge in [-0.2, -0.15) is 0 Å². The summed E-state index contributed by atoms with van der Waals surface area (Å²) in [5, 5.41) is 6.81. The zero-order chi connectivity index (χ0) is 25.5. The molecule has 3 heteroatoms. The van der Waals surface area contributed by atoms with Crippen molar-refractivity contribution in [3.8, 4) is 16.8 Å². The molecular formula is C36H21NO2. The van der Waals surface area contributed by atoms with E-state index in [9.17, 15) is 0 Å². The molecule has 0 amide bonds. The van der Waals surface area contributed by atoms with Crippen LogP contribution in [0.2, 0.25) is 0 Å². The minimum absolute atomic E-state index is 0.799. The summed E-state index contributed by atoms with van der Waals surface area (Å²) in [6.07, 6.45) is 0. The van der Waals surface area contributed by atoms with E-state index in [-0.39, 0.29) is 0 Å². The number of para-hydroxylation sites is 4. The van der Waals surface area contributed by atoms with Crippen LogP contribution in [0.1, 0.15) is 0 Å². The Labute approximate surface area is 223 Å². The van der Waals surface area contributed by atoms with E-state index in [2.05, 4.69) is 114 Å². The molecule has 3 aromatic heterocycles. The van der Waals surface area contributed by atoms with Gasteiger partial charge in [-0.15, -0.1) is 0 Å². The quantitative estimate of drug-likeness (QED) is 0.237. The van der Waals surface area contributed by atoms with Crippen LogP contribution in [0.15, 0.2) is 136 Å². The van der Waals surface area contributed by atoms with Crippen LogP contribution < -0.4 is 0 Å². The van der Waals surface area contributed by atoms with Gasteiger partial charge in [-0.25, -0.2) is 0 Å². The SMILES string of the molecule is c1ccc(-n2c3ccccc3c3cc(-c4cccc5c4oc4c5ccc5c6ccccc6oc54)ccc32)cc1. The summed E-state index contributed by atoms with van der Waals surface area (Å²) in [7, 11) is 0. The predicted molar refractivity (Wildman–Crippen MR) is 161 cm³/mol. The molecule has 0 aliphatic rings. The highest BCUT2D eigenvalue weighted by Gasteiger charge is 2.19. The monoisotopic (exact) mass is 499 g/mol. The summed E-state index contributed by atoms with van der Waals surface area (Å²) in [6, 6.07) is 44.8. The van der Waals surface area contributed by atoms with E-state index in [1.165, 1.54) is 21.8 Å². The molecule has 0 aliphatic heterocycles. The van der Waals surface area contributed by atoms with Gasteiger partial charge in [0.15, 0.2) is 11.2 Å². The zero-order valence-corrected chi connectivity index (χ0v) is 20.9. The molecule has 6 aromatic carbocycles. The van der Waals surface area contributed by atoms with Crippen molar-refractivity contribution in [2.75, 3.05) is 0 Å². The number of benzene rings is 6. The van der Waals surface area contributed by atoms with Crippen LogP contribution in [-0.2, 0) is 0 Å². The highest BCUT2D eigenvalue weighted by molar-refractivity contribution is 6.20. The normalized spacial score (nSPS) is 12.1. The summed E-state index contributed by atoms with van der Waals surface area (Å²) in [6.45, 7) is 0. The van der Waals surface area contributed by atoms with Crippen molar-refractivity contribution >= 4 is 65.7 Å². The lowest BCUT2D eigenvalue weighted by molar-refractivity contribution is 0.634. The van der Waals surface area contributed by atoms with Crippen LogP contribution in [0.4, 0.5) is 0 Å². The molecule has 3 nitrogen and oxygen atoms in total. The first kappa shape index (κ1) is 20.7. The molecule has 182 valence electrons. The fourth-order valence-corrected chi connectivity index (χ4v) is 6.26. The van der Waals surface area contributed by atoms with Crippen molar-refractivity contribution in [1.82, 2.24) is 4.57 Å². The van der Waals surface area contributed by atoms with Crippen LogP contribution in [0, 0.1) is 0 Å². The fourth-order valence-electron chi connectivity index (χ4n) is 6.26. The summed E-state index contributed by atoms with van der Waals surface area (Å²) < 4.78 is 15.3. The van der Waals surface area contributed by atoms with E-state index < -0.39 is 0 Å². The molecule has 0 bridgehead atoms. The van der Waals surface area contributed by atoms with Gasteiger partial charge < -0.3 is 13.4 Å². The van der Waals surface area contributed by atoms with Gasteiger partial charge in [0.1, 0.15) is 11.2 Å². The van der Waals surface area contributed by atoms with Crippen molar-refractivity contribution in [1.29, 1.82) is 0 Å². The molecule has 0 radical (unpaired) electrons. The molecule has 0 N–H and O–H groups in total. The largest absolute Gasteiger partial charge is 0.452 e. The molecule has 39 heavy (non-hydrogen) atoms. The Morgan fingerprint density at radius 2 is 1.08 bits per heavy atom. The molecular weight excluding hydrogens is 478 g/mol. The van der Waals surface area contributed by atoms with Crippen molar-refractivity contribution in [2.45, 2.75) is 0 Å². The molecule has 0 spiro atoms. The zero-order valence-electron chi connectivity index (χ0n) is 20.9. The van der Waals surface area contributed by atoms with Crippen molar-refractivity contribution < 1.29 is 8.83 Å². The molecule has 0 unspecified atom stereocenters. The third kappa shape index (κ3) is 2.82. The van der Waals surface area contributed by atoms with Crippen LogP contribution in [0.3, 0.4) is 0 Å². The van der Waals surface area contributed by atoms with E-state index in [4.69, 9.17) is 8.83 Å². The second kappa shape index (κ2) is 7.62. The van der Waals surface area contributed by atoms with E-state index in [0.717, 1.165) is 60.7 Å². The van der Waals surface area contributed by atoms with Gasteiger partial charge in [-0.3, -0.25) is 0 Å². The Balaban J connectivity index is 1.32. The van der Waals surface area contributed by atoms with E-state index in [1.807, 2.05) is 18.2 Å². The van der Waals surface area contributed by atoms with Gasteiger partial charge in [-0.05, 0) is 54.1 Å².